The van der Waals surface area contributed by atoms with E-state index in [2.05, 4.69) is 87.1 Å². The van der Waals surface area contributed by atoms with Gasteiger partial charge in [-0.15, -0.1) is 0 Å². The van der Waals surface area contributed by atoms with E-state index in [4.69, 9.17) is 88.0 Å². The molecule has 0 aromatic heterocycles. The predicted molar refractivity (Wildman–Crippen MR) is 471 cm³/mol. The Labute approximate surface area is 729 Å². The summed E-state index contributed by atoms with van der Waals surface area (Å²) in [5, 5.41) is 0. The molecule has 0 bridgehead atoms. The Hall–Kier alpha value is -7.16. The van der Waals surface area contributed by atoms with E-state index in [1.807, 2.05) is 73.6 Å². The van der Waals surface area contributed by atoms with Gasteiger partial charge in [0.05, 0.1) is 67.7 Å². The number of carbonyl (C=O) groups excluding carboxylic acids is 4. The Morgan fingerprint density at radius 2 is 0.550 bits per heavy atom. The number of esters is 4. The molecule has 0 aliphatic carbocycles. The van der Waals surface area contributed by atoms with Crippen molar-refractivity contribution in [2.24, 2.45) is 93.9 Å². The van der Waals surface area contributed by atoms with Crippen molar-refractivity contribution in [1.82, 2.24) is 19.6 Å². The average molecular weight is 1680 g/mol. The van der Waals surface area contributed by atoms with Crippen LogP contribution in [0.25, 0.3) is 0 Å². The monoisotopic (exact) mass is 1680 g/mol. The third-order valence-electron chi connectivity index (χ3n) is 25.8. The molecule has 0 spiro atoms. The summed E-state index contributed by atoms with van der Waals surface area (Å²) in [6.45, 7) is 39.3. The highest BCUT2D eigenvalue weighted by Crippen LogP contribution is 2.50. The van der Waals surface area contributed by atoms with Gasteiger partial charge >= 0.3 is 23.9 Å². The fourth-order valence-electron chi connectivity index (χ4n) is 18.9. The highest BCUT2D eigenvalue weighted by molar-refractivity contribution is 5.77. The number of benzene rings is 4. The molecule has 4 saturated heterocycles. The Balaban J connectivity index is 0.000000193. The predicted octanol–water partition coefficient (Wildman–Crippen LogP) is 14.3. The van der Waals surface area contributed by atoms with Gasteiger partial charge in [0.1, 0.15) is 48.5 Å². The molecule has 0 saturated carbocycles. The van der Waals surface area contributed by atoms with Crippen LogP contribution in [0, 0.1) is 71.0 Å². The van der Waals surface area contributed by atoms with Crippen molar-refractivity contribution in [2.75, 3.05) is 109 Å². The zero-order chi connectivity index (χ0) is 94.8. The molecule has 12 rings (SSSR count). The average Bonchev–Trinajstić information content (AvgIpc) is 0.751. The van der Waals surface area contributed by atoms with Crippen LogP contribution in [-0.2, 0) is 63.8 Å². The summed E-state index contributed by atoms with van der Waals surface area (Å²) in [6.07, 6.45) is 6.15. The van der Waals surface area contributed by atoms with Gasteiger partial charge in [-0.2, -0.15) is 0 Å². The summed E-state index contributed by atoms with van der Waals surface area (Å²) in [4.78, 5) is 60.7. The summed E-state index contributed by atoms with van der Waals surface area (Å²) in [7, 11) is 4.45. The minimum Gasteiger partial charge on any atom is -0.493 e. The molecular weight excluding hydrogens is 1520 g/mol. The molecule has 120 heavy (non-hydrogen) atoms. The second-order valence-corrected chi connectivity index (χ2v) is 37.6. The maximum absolute atomic E-state index is 12.8. The van der Waals surface area contributed by atoms with Crippen molar-refractivity contribution in [2.45, 2.75) is 261 Å². The number of piperidine rings is 4. The van der Waals surface area contributed by atoms with Gasteiger partial charge in [-0.05, 0) is 192 Å². The van der Waals surface area contributed by atoms with E-state index >= 15 is 0 Å². The molecular formula is C96H152N8O16. The maximum Gasteiger partial charge on any atom is 0.323 e. The van der Waals surface area contributed by atoms with Crippen molar-refractivity contribution < 1.29 is 87.0 Å². The van der Waals surface area contributed by atoms with Gasteiger partial charge in [-0.25, -0.2) is 0 Å². The standard InChI is InChI=1S/4C24H38N2O4/c4*1-14(2)9-17-13-26-8-7-16-10-21(28-5)22(29-6)11-18(16)19(26)12-20(17)30-24(27)23(25)15(3)4/h4*10-11,14-15,17,19-20,23H,7-9,12-13,25H2,1-6H3/t4*17?,19?,20?,23-/m0000/s1/i5D3,20D;20D;5D3;. The Kier molecular flexibility index (Phi) is 31.1. The first-order valence-corrected chi connectivity index (χ1v) is 44.1. The fourth-order valence-corrected chi connectivity index (χ4v) is 18.9. The molecule has 16 atom stereocenters. The summed E-state index contributed by atoms with van der Waals surface area (Å²) < 4.78 is 130. The molecule has 4 fully saturated rings. The minimum atomic E-state index is -2.59. The Morgan fingerprint density at radius 3 is 0.783 bits per heavy atom. The minimum absolute atomic E-state index is 0.00690. The molecule has 672 valence electrons. The van der Waals surface area contributed by atoms with Gasteiger partial charge in [0.2, 0.25) is 0 Å². The molecule has 24 heteroatoms. The second kappa shape index (κ2) is 43.9. The van der Waals surface area contributed by atoms with Crippen LogP contribution in [0.1, 0.15) is 242 Å². The third-order valence-corrected chi connectivity index (χ3v) is 25.8. The molecule has 12 unspecified atom stereocenters. The van der Waals surface area contributed by atoms with Crippen LogP contribution >= 0.6 is 0 Å². The molecule has 0 radical (unpaired) electrons. The van der Waals surface area contributed by atoms with E-state index in [0.29, 0.717) is 72.6 Å². The van der Waals surface area contributed by atoms with E-state index < -0.39 is 62.3 Å². The van der Waals surface area contributed by atoms with Crippen molar-refractivity contribution in [3.05, 3.63) is 93.0 Å². The molecule has 4 aromatic rings. The first-order valence-electron chi connectivity index (χ1n) is 48.1. The number of hydrogen-bond donors (Lipinski definition) is 4. The largest absolute Gasteiger partial charge is 0.493 e. The van der Waals surface area contributed by atoms with Crippen LogP contribution in [-0.4, -0.2) is 201 Å². The lowest BCUT2D eigenvalue weighted by Gasteiger charge is -2.47. The number of hydrogen-bond acceptors (Lipinski definition) is 24. The van der Waals surface area contributed by atoms with Gasteiger partial charge in [0.15, 0.2) is 46.0 Å². The second-order valence-electron chi connectivity index (χ2n) is 37.6. The van der Waals surface area contributed by atoms with Gasteiger partial charge in [0.25, 0.3) is 0 Å². The molecule has 4 aromatic carbocycles. The zero-order valence-electron chi connectivity index (χ0n) is 84.1. The summed E-state index contributed by atoms with van der Waals surface area (Å²) in [5.41, 5.74) is 33.2. The highest BCUT2D eigenvalue weighted by Gasteiger charge is 2.47. The lowest BCUT2D eigenvalue weighted by molar-refractivity contribution is -0.161. The van der Waals surface area contributed by atoms with Crippen molar-refractivity contribution in [1.29, 1.82) is 0 Å². The SMILES string of the molecule is COc1cc2c(cc1OC)C1CC(OC(=O)[C@@H](N)C(C)C)C(CC(C)C)CN1CC2.[2H]C([2H])([2H])Oc1cc2c(cc1OC)C1CC(OC(=O)[C@@H](N)C(C)C)C(CC(C)C)CN1CC2.[2H]C([2H])([2H])Oc1cc2c(cc1OC)C1CC([2H])(OC(=O)[C@@H](N)C(C)C)C(CC(C)C)CN1CC2.[2H]C1(OC(=O)[C@@H](N)C(C)C)CC2c3cc(OC)c(OC)cc3CCN2CC1CC(C)C. The molecule has 24 nitrogen and oxygen atoms in total. The van der Waals surface area contributed by atoms with E-state index in [0.717, 1.165) is 149 Å². The number of carbonyl (C=O) groups is 4. The topological polar surface area (TPSA) is 296 Å². The summed E-state index contributed by atoms with van der Waals surface area (Å²) >= 11 is 0. The lowest BCUT2D eigenvalue weighted by atomic mass is 9.79. The van der Waals surface area contributed by atoms with Gasteiger partial charge in [-0.3, -0.25) is 38.8 Å². The number of rotatable bonds is 28. The van der Waals surface area contributed by atoms with Crippen LogP contribution in [0.3, 0.4) is 0 Å². The summed E-state index contributed by atoms with van der Waals surface area (Å²) in [5.74, 6) is 4.51. The van der Waals surface area contributed by atoms with E-state index in [1.54, 1.807) is 46.6 Å². The van der Waals surface area contributed by atoms with Crippen LogP contribution < -0.4 is 60.8 Å². The number of methoxy groups -OCH3 is 8. The highest BCUT2D eigenvalue weighted by atomic mass is 16.6. The lowest BCUT2D eigenvalue weighted by Crippen LogP contribution is -2.51. The molecule has 8 heterocycles. The molecule has 8 aliphatic rings. The Morgan fingerprint density at radius 1 is 0.333 bits per heavy atom. The van der Waals surface area contributed by atoms with Crippen LogP contribution in [0.2, 0.25) is 0 Å². The maximum atomic E-state index is 12.8. The third kappa shape index (κ3) is 23.8. The number of ether oxygens (including phenoxy) is 12. The first-order chi connectivity index (χ1) is 60.0. The molecule has 8 aliphatic heterocycles. The normalized spacial score (nSPS) is 27.3. The Bertz CT molecular complexity index is 4360. The van der Waals surface area contributed by atoms with Gasteiger partial charge in [-0.1, -0.05) is 111 Å². The number of nitrogens with two attached hydrogens (primary N) is 4. The molecule has 8 N–H and O–H groups in total. The quantitative estimate of drug-likeness (QED) is 0.0303. The van der Waals surface area contributed by atoms with E-state index in [9.17, 15) is 21.9 Å². The number of fused-ring (bicyclic) bond motifs is 12. The van der Waals surface area contributed by atoms with Gasteiger partial charge < -0.3 is 79.8 Å². The van der Waals surface area contributed by atoms with Crippen LogP contribution in [0.4, 0.5) is 0 Å². The van der Waals surface area contributed by atoms with Crippen molar-refractivity contribution >= 4 is 23.9 Å². The van der Waals surface area contributed by atoms with E-state index in [-0.39, 0.29) is 101 Å². The van der Waals surface area contributed by atoms with Gasteiger partial charge in [0, 0.05) is 126 Å². The number of nitrogens with zero attached hydrogens (tertiary/aromatic N) is 4. The van der Waals surface area contributed by atoms with Crippen molar-refractivity contribution in [3.63, 3.8) is 0 Å². The first kappa shape index (κ1) is 85.0. The van der Waals surface area contributed by atoms with Crippen molar-refractivity contribution in [3.8, 4) is 46.0 Å². The molecule has 0 amide bonds. The summed E-state index contributed by atoms with van der Waals surface area (Å²) in [6, 6.07) is 12.8. The van der Waals surface area contributed by atoms with Crippen LogP contribution in [0.15, 0.2) is 48.5 Å². The fraction of sp³-hybridized carbons (Fsp3) is 0.708. The zero-order valence-corrected chi connectivity index (χ0v) is 76.1. The van der Waals surface area contributed by atoms with E-state index in [1.165, 1.54) is 30.9 Å². The van der Waals surface area contributed by atoms with Crippen LogP contribution in [0.5, 0.6) is 46.0 Å². The smallest absolute Gasteiger partial charge is 0.323 e.